The van der Waals surface area contributed by atoms with Crippen LogP contribution in [0.5, 0.6) is 6.01 Å². The number of imidazole rings is 1. The molecule has 0 N–H and O–H groups in total. The van der Waals surface area contributed by atoms with E-state index in [0.29, 0.717) is 6.07 Å². The van der Waals surface area contributed by atoms with Crippen molar-refractivity contribution in [3.8, 4) is 6.01 Å². The van der Waals surface area contributed by atoms with Gasteiger partial charge >= 0.3 is 12.2 Å². The number of hydrogen-bond donors (Lipinski definition) is 0. The first-order chi connectivity index (χ1) is 7.93. The normalized spacial score (nSPS) is 12.1. The predicted molar refractivity (Wildman–Crippen MR) is 52.4 cm³/mol. The average molecular weight is 248 g/mol. The predicted octanol–water partition coefficient (Wildman–Crippen LogP) is 3.19. The third-order valence-electron chi connectivity index (χ3n) is 2.17. The number of aromatic nitrogens is 2. The van der Waals surface area contributed by atoms with Crippen LogP contribution in [0, 0.1) is 0 Å². The van der Waals surface area contributed by atoms with E-state index >= 15 is 0 Å². The maximum Gasteiger partial charge on any atom is 0.416 e. The van der Waals surface area contributed by atoms with Crippen molar-refractivity contribution in [1.82, 2.24) is 9.77 Å². The average Bonchev–Trinajstić information content (AvgIpc) is 2.55. The molecule has 1 aromatic carbocycles. The fourth-order valence-electron chi connectivity index (χ4n) is 1.42. The minimum Gasteiger partial charge on any atom is -0.463 e. The van der Waals surface area contributed by atoms with Crippen LogP contribution in [0.15, 0.2) is 18.2 Å². The third kappa shape index (κ3) is 2.04. The summed E-state index contributed by atoms with van der Waals surface area (Å²) < 4.78 is 55.6. The summed E-state index contributed by atoms with van der Waals surface area (Å²) >= 11 is 0. The summed E-state index contributed by atoms with van der Waals surface area (Å²) in [4.78, 5) is 3.73. The van der Waals surface area contributed by atoms with Gasteiger partial charge in [-0.05, 0) is 25.1 Å². The second-order valence-electron chi connectivity index (χ2n) is 3.31. The molecular weight excluding hydrogens is 240 g/mol. The van der Waals surface area contributed by atoms with Crippen LogP contribution in [0.1, 0.15) is 12.5 Å². The summed E-state index contributed by atoms with van der Waals surface area (Å²) in [5.74, 6) is 0. The number of nitrogens with zero attached hydrogens (tertiary/aromatic N) is 2. The first-order valence-electron chi connectivity index (χ1n) is 4.82. The topological polar surface area (TPSA) is 27.1 Å². The zero-order valence-corrected chi connectivity index (χ0v) is 8.75. The highest BCUT2D eigenvalue weighted by Gasteiger charge is 2.31. The molecule has 0 saturated carbocycles. The summed E-state index contributed by atoms with van der Waals surface area (Å²) in [5.41, 5.74) is -1.07. The zero-order chi connectivity index (χ0) is 12.6. The Hall–Kier alpha value is -1.79. The van der Waals surface area contributed by atoms with Crippen LogP contribution in [0.2, 0.25) is 0 Å². The fourth-order valence-corrected chi connectivity index (χ4v) is 1.42. The van der Waals surface area contributed by atoms with Gasteiger partial charge in [-0.15, -0.1) is 4.79 Å². The summed E-state index contributed by atoms with van der Waals surface area (Å²) in [5, 5.41) is 0. The Bertz CT molecular complexity index is 547. The van der Waals surface area contributed by atoms with E-state index in [0.717, 1.165) is 12.1 Å². The second kappa shape index (κ2) is 3.90. The number of ether oxygens (including phenoxy) is 1. The summed E-state index contributed by atoms with van der Waals surface area (Å²) in [6.45, 7) is 1.81. The molecule has 1 heterocycles. The van der Waals surface area contributed by atoms with Crippen LogP contribution in [0.4, 0.5) is 17.7 Å². The van der Waals surface area contributed by atoms with E-state index in [1.807, 2.05) is 0 Å². The van der Waals surface area contributed by atoms with Gasteiger partial charge in [-0.2, -0.15) is 18.2 Å². The van der Waals surface area contributed by atoms with Crippen molar-refractivity contribution in [3.05, 3.63) is 23.8 Å². The highest BCUT2D eigenvalue weighted by atomic mass is 19.4. The monoisotopic (exact) mass is 248 g/mol. The van der Waals surface area contributed by atoms with Gasteiger partial charge in [0.05, 0.1) is 17.7 Å². The molecule has 0 amide bonds. The van der Waals surface area contributed by atoms with Crippen molar-refractivity contribution >= 4 is 11.0 Å². The van der Waals surface area contributed by atoms with Crippen molar-refractivity contribution in [1.29, 1.82) is 0 Å². The van der Waals surface area contributed by atoms with E-state index in [2.05, 4.69) is 4.98 Å². The smallest absolute Gasteiger partial charge is 0.416 e. The second-order valence-corrected chi connectivity index (χ2v) is 3.31. The van der Waals surface area contributed by atoms with Crippen LogP contribution in [0.25, 0.3) is 11.0 Å². The van der Waals surface area contributed by atoms with E-state index in [9.17, 15) is 17.7 Å². The molecule has 0 unspecified atom stereocenters. The minimum atomic E-state index is -4.51. The van der Waals surface area contributed by atoms with Crippen LogP contribution in [-0.2, 0) is 6.18 Å². The van der Waals surface area contributed by atoms with Crippen molar-refractivity contribution < 1.29 is 22.4 Å². The fraction of sp³-hybridized carbons (Fsp3) is 0.300. The van der Waals surface area contributed by atoms with Crippen molar-refractivity contribution in [2.45, 2.75) is 13.1 Å². The van der Waals surface area contributed by atoms with Gasteiger partial charge in [0.15, 0.2) is 0 Å². The summed E-state index contributed by atoms with van der Waals surface area (Å²) in [6.07, 6.45) is -4.51. The Balaban J connectivity index is 2.57. The van der Waals surface area contributed by atoms with Gasteiger partial charge in [0.2, 0.25) is 0 Å². The molecule has 0 fully saturated rings. The third-order valence-corrected chi connectivity index (χ3v) is 2.17. The minimum absolute atomic E-state index is 0.00801. The molecule has 0 aliphatic carbocycles. The molecule has 2 aromatic rings. The molecule has 0 spiro atoms. The SMILES string of the molecule is CCOc1nc2ccc(C(F)(F)F)cc2n1F. The highest BCUT2D eigenvalue weighted by Crippen LogP contribution is 2.32. The molecule has 0 atom stereocenters. The highest BCUT2D eigenvalue weighted by molar-refractivity contribution is 5.77. The summed E-state index contributed by atoms with van der Waals surface area (Å²) in [6, 6.07) is 2.31. The molecule has 2 rings (SSSR count). The molecule has 17 heavy (non-hydrogen) atoms. The van der Waals surface area contributed by atoms with Crippen LogP contribution < -0.4 is 4.74 Å². The first-order valence-corrected chi connectivity index (χ1v) is 4.82. The van der Waals surface area contributed by atoms with Crippen LogP contribution in [0.3, 0.4) is 0 Å². The number of alkyl halides is 3. The lowest BCUT2D eigenvalue weighted by Gasteiger charge is -2.05. The van der Waals surface area contributed by atoms with Gasteiger partial charge in [-0.25, -0.2) is 0 Å². The summed E-state index contributed by atoms with van der Waals surface area (Å²) in [7, 11) is 0. The van der Waals surface area contributed by atoms with E-state index in [-0.39, 0.29) is 28.4 Å². The van der Waals surface area contributed by atoms with Crippen LogP contribution in [-0.4, -0.2) is 16.4 Å². The molecule has 0 radical (unpaired) electrons. The number of hydrogen-bond acceptors (Lipinski definition) is 2. The van der Waals surface area contributed by atoms with Gasteiger partial charge in [-0.3, -0.25) is 0 Å². The lowest BCUT2D eigenvalue weighted by molar-refractivity contribution is -0.137. The molecule has 0 saturated heterocycles. The molecule has 0 aliphatic heterocycles. The molecule has 7 heteroatoms. The van der Waals surface area contributed by atoms with E-state index in [4.69, 9.17) is 4.74 Å². The van der Waals surface area contributed by atoms with Gasteiger partial charge in [0.25, 0.3) is 0 Å². The zero-order valence-electron chi connectivity index (χ0n) is 8.75. The largest absolute Gasteiger partial charge is 0.463 e. The standard InChI is InChI=1S/C10H8F4N2O/c1-2-17-9-15-7-4-3-6(10(11,12)13)5-8(7)16(9)14/h3-5H,2H2,1H3. The molecule has 3 nitrogen and oxygen atoms in total. The number of rotatable bonds is 2. The number of halogens is 4. The number of fused-ring (bicyclic) bond motifs is 1. The van der Waals surface area contributed by atoms with Crippen molar-refractivity contribution in [2.75, 3.05) is 6.61 Å². The molecule has 0 bridgehead atoms. The van der Waals surface area contributed by atoms with Gasteiger partial charge < -0.3 is 4.74 Å². The van der Waals surface area contributed by atoms with Gasteiger partial charge in [-0.1, -0.05) is 4.48 Å². The Kier molecular flexibility index (Phi) is 2.68. The molecule has 0 aliphatic rings. The first kappa shape index (κ1) is 11.7. The maximum atomic E-state index is 13.5. The molecule has 92 valence electrons. The van der Waals surface area contributed by atoms with Crippen LogP contribution >= 0.6 is 0 Å². The van der Waals surface area contributed by atoms with Gasteiger partial charge in [0, 0.05) is 0 Å². The Labute approximate surface area is 93.6 Å². The lowest BCUT2D eigenvalue weighted by Crippen LogP contribution is -2.04. The Morgan fingerprint density at radius 3 is 2.65 bits per heavy atom. The molecule has 1 aromatic heterocycles. The Morgan fingerprint density at radius 1 is 1.35 bits per heavy atom. The van der Waals surface area contributed by atoms with E-state index < -0.39 is 11.7 Å². The van der Waals surface area contributed by atoms with E-state index in [1.54, 1.807) is 6.92 Å². The van der Waals surface area contributed by atoms with E-state index in [1.165, 1.54) is 0 Å². The lowest BCUT2D eigenvalue weighted by atomic mass is 10.2. The van der Waals surface area contributed by atoms with Gasteiger partial charge in [0.1, 0.15) is 5.52 Å². The maximum absolute atomic E-state index is 13.5. The Morgan fingerprint density at radius 2 is 2.06 bits per heavy atom. The quantitative estimate of drug-likeness (QED) is 0.763. The van der Waals surface area contributed by atoms with Crippen molar-refractivity contribution in [2.24, 2.45) is 0 Å². The van der Waals surface area contributed by atoms with Crippen molar-refractivity contribution in [3.63, 3.8) is 0 Å². The number of benzene rings is 1. The molecular formula is C10H8F4N2O.